The zero-order valence-corrected chi connectivity index (χ0v) is 11.2. The smallest absolute Gasteiger partial charge is 0.127 e. The zero-order valence-electron chi connectivity index (χ0n) is 10.5. The Morgan fingerprint density at radius 2 is 1.82 bits per heavy atom. The molecule has 0 aliphatic rings. The van der Waals surface area contributed by atoms with Crippen molar-refractivity contribution in [2.75, 3.05) is 0 Å². The van der Waals surface area contributed by atoms with Gasteiger partial charge in [-0.25, -0.2) is 4.39 Å². The lowest BCUT2D eigenvalue weighted by Gasteiger charge is -2.27. The first-order valence-corrected chi connectivity index (χ1v) is 6.55. The lowest BCUT2D eigenvalue weighted by Crippen LogP contribution is -2.31. The van der Waals surface area contributed by atoms with E-state index in [-0.39, 0.29) is 5.82 Å². The van der Waals surface area contributed by atoms with Crippen molar-refractivity contribution in [3.05, 3.63) is 34.6 Å². The molecule has 0 spiro atoms. The molecule has 1 aromatic rings. The number of hydrogen-bond donors (Lipinski definition) is 1. The van der Waals surface area contributed by atoms with E-state index in [2.05, 4.69) is 0 Å². The van der Waals surface area contributed by atoms with Crippen LogP contribution >= 0.6 is 11.6 Å². The Morgan fingerprint density at radius 3 is 2.29 bits per heavy atom. The van der Waals surface area contributed by atoms with Crippen molar-refractivity contribution < 1.29 is 9.50 Å². The molecule has 0 fully saturated rings. The Labute approximate surface area is 108 Å². The first-order valence-electron chi connectivity index (χ1n) is 6.17. The average Bonchev–Trinajstić information content (AvgIpc) is 2.23. The van der Waals surface area contributed by atoms with Crippen LogP contribution in [0.3, 0.4) is 0 Å². The second kappa shape index (κ2) is 6.36. The molecule has 96 valence electrons. The monoisotopic (exact) mass is 258 g/mol. The second-order valence-corrected chi connectivity index (χ2v) is 5.07. The Hall–Kier alpha value is -0.600. The normalized spacial score (nSPS) is 11.8. The van der Waals surface area contributed by atoms with Crippen molar-refractivity contribution >= 4 is 11.6 Å². The van der Waals surface area contributed by atoms with Gasteiger partial charge in [-0.3, -0.25) is 0 Å². The van der Waals surface area contributed by atoms with Gasteiger partial charge >= 0.3 is 0 Å². The lowest BCUT2D eigenvalue weighted by atomic mass is 9.86. The van der Waals surface area contributed by atoms with Crippen molar-refractivity contribution in [1.82, 2.24) is 0 Å². The number of halogens is 2. The molecule has 1 N–H and O–H groups in total. The van der Waals surface area contributed by atoms with Crippen LogP contribution in [0.4, 0.5) is 4.39 Å². The van der Waals surface area contributed by atoms with E-state index in [0.717, 1.165) is 12.8 Å². The van der Waals surface area contributed by atoms with Crippen LogP contribution in [0.15, 0.2) is 18.2 Å². The van der Waals surface area contributed by atoms with E-state index in [0.29, 0.717) is 29.8 Å². The van der Waals surface area contributed by atoms with Crippen LogP contribution in [0.5, 0.6) is 0 Å². The molecule has 3 heteroatoms. The van der Waals surface area contributed by atoms with Crippen LogP contribution in [0.2, 0.25) is 5.02 Å². The van der Waals surface area contributed by atoms with Crippen molar-refractivity contribution in [2.45, 2.75) is 51.6 Å². The molecule has 0 amide bonds. The third-order valence-electron chi connectivity index (χ3n) is 2.97. The van der Waals surface area contributed by atoms with Crippen LogP contribution < -0.4 is 0 Å². The zero-order chi connectivity index (χ0) is 12.9. The fraction of sp³-hybridized carbons (Fsp3) is 0.571. The largest absolute Gasteiger partial charge is 0.390 e. The molecule has 1 aromatic carbocycles. The highest BCUT2D eigenvalue weighted by atomic mass is 35.5. The van der Waals surface area contributed by atoms with Crippen LogP contribution in [0.1, 0.15) is 45.1 Å². The first-order chi connectivity index (χ1) is 8.00. The molecule has 0 aliphatic heterocycles. The number of hydrogen-bond acceptors (Lipinski definition) is 1. The number of aliphatic hydroxyl groups is 1. The molecule has 17 heavy (non-hydrogen) atoms. The van der Waals surface area contributed by atoms with Crippen molar-refractivity contribution in [3.63, 3.8) is 0 Å². The van der Waals surface area contributed by atoms with Gasteiger partial charge in [0, 0.05) is 11.4 Å². The first kappa shape index (κ1) is 14.5. The van der Waals surface area contributed by atoms with E-state index in [1.807, 2.05) is 13.8 Å². The molecule has 1 nitrogen and oxygen atoms in total. The Bertz CT molecular complexity index is 359. The van der Waals surface area contributed by atoms with E-state index in [9.17, 15) is 9.50 Å². The molecule has 0 radical (unpaired) electrons. The van der Waals surface area contributed by atoms with Gasteiger partial charge in [-0.15, -0.1) is 0 Å². The van der Waals surface area contributed by atoms with Gasteiger partial charge < -0.3 is 5.11 Å². The van der Waals surface area contributed by atoms with Crippen LogP contribution in [0, 0.1) is 5.82 Å². The summed E-state index contributed by atoms with van der Waals surface area (Å²) in [4.78, 5) is 0. The summed E-state index contributed by atoms with van der Waals surface area (Å²) in [6.45, 7) is 4.05. The molecule has 0 atom stereocenters. The lowest BCUT2D eigenvalue weighted by molar-refractivity contribution is 0.0208. The van der Waals surface area contributed by atoms with Crippen LogP contribution in [-0.4, -0.2) is 10.7 Å². The molecule has 0 aliphatic carbocycles. The summed E-state index contributed by atoms with van der Waals surface area (Å²) in [5, 5.41) is 10.8. The quantitative estimate of drug-likeness (QED) is 0.804. The summed E-state index contributed by atoms with van der Waals surface area (Å²) < 4.78 is 13.7. The standard InChI is InChI=1S/C14H20ClFO/c1-3-7-14(17,8-4-2)10-11-5-6-12(15)9-13(11)16/h5-6,9,17H,3-4,7-8,10H2,1-2H3. The SMILES string of the molecule is CCCC(O)(CCC)Cc1ccc(Cl)cc1F. The van der Waals surface area contributed by atoms with E-state index >= 15 is 0 Å². The summed E-state index contributed by atoms with van der Waals surface area (Å²) in [5.74, 6) is -0.330. The van der Waals surface area contributed by atoms with Crippen molar-refractivity contribution in [1.29, 1.82) is 0 Å². The molecule has 0 saturated carbocycles. The van der Waals surface area contributed by atoms with Gasteiger partial charge in [0.1, 0.15) is 5.82 Å². The molecule has 0 unspecified atom stereocenters. The van der Waals surface area contributed by atoms with Crippen LogP contribution in [0.25, 0.3) is 0 Å². The fourth-order valence-corrected chi connectivity index (χ4v) is 2.41. The van der Waals surface area contributed by atoms with Gasteiger partial charge in [0.05, 0.1) is 5.60 Å². The molecular weight excluding hydrogens is 239 g/mol. The van der Waals surface area contributed by atoms with Crippen molar-refractivity contribution in [3.8, 4) is 0 Å². The van der Waals surface area contributed by atoms with Gasteiger partial charge in [0.15, 0.2) is 0 Å². The molecule has 1 rings (SSSR count). The fourth-order valence-electron chi connectivity index (χ4n) is 2.25. The van der Waals surface area contributed by atoms with Crippen LogP contribution in [-0.2, 0) is 6.42 Å². The highest BCUT2D eigenvalue weighted by Crippen LogP contribution is 2.26. The Kier molecular flexibility index (Phi) is 5.41. The van der Waals surface area contributed by atoms with Gasteiger partial charge in [-0.2, -0.15) is 0 Å². The third-order valence-corrected chi connectivity index (χ3v) is 3.20. The average molecular weight is 259 g/mol. The Morgan fingerprint density at radius 1 is 1.24 bits per heavy atom. The maximum atomic E-state index is 13.7. The van der Waals surface area contributed by atoms with E-state index in [1.165, 1.54) is 6.07 Å². The predicted molar refractivity (Wildman–Crippen MR) is 69.9 cm³/mol. The molecule has 0 saturated heterocycles. The summed E-state index contributed by atoms with van der Waals surface area (Å²) >= 11 is 5.71. The highest BCUT2D eigenvalue weighted by molar-refractivity contribution is 6.30. The predicted octanol–water partition coefficient (Wildman–Crippen LogP) is 4.35. The van der Waals surface area contributed by atoms with Gasteiger partial charge in [0.25, 0.3) is 0 Å². The Balaban J connectivity index is 2.85. The summed E-state index contributed by atoms with van der Waals surface area (Å²) in [7, 11) is 0. The number of benzene rings is 1. The molecule has 0 bridgehead atoms. The van der Waals surface area contributed by atoms with Gasteiger partial charge in [0.2, 0.25) is 0 Å². The summed E-state index contributed by atoms with van der Waals surface area (Å²) in [6.07, 6.45) is 3.54. The maximum absolute atomic E-state index is 13.7. The minimum atomic E-state index is -0.793. The molecule has 0 aromatic heterocycles. The van der Waals surface area contributed by atoms with Crippen molar-refractivity contribution in [2.24, 2.45) is 0 Å². The summed E-state index contributed by atoms with van der Waals surface area (Å²) in [5.41, 5.74) is -0.253. The van der Waals surface area contributed by atoms with E-state index < -0.39 is 5.60 Å². The second-order valence-electron chi connectivity index (χ2n) is 4.64. The topological polar surface area (TPSA) is 20.2 Å². The number of rotatable bonds is 6. The minimum Gasteiger partial charge on any atom is -0.390 e. The minimum absolute atomic E-state index is 0.330. The van der Waals surface area contributed by atoms with E-state index in [1.54, 1.807) is 12.1 Å². The molecular formula is C14H20ClFO. The molecule has 0 heterocycles. The third kappa shape index (κ3) is 4.29. The highest BCUT2D eigenvalue weighted by Gasteiger charge is 2.26. The van der Waals surface area contributed by atoms with Gasteiger partial charge in [-0.1, -0.05) is 44.4 Å². The van der Waals surface area contributed by atoms with E-state index in [4.69, 9.17) is 11.6 Å². The summed E-state index contributed by atoms with van der Waals surface area (Å²) in [6, 6.07) is 4.63. The van der Waals surface area contributed by atoms with Gasteiger partial charge in [-0.05, 0) is 30.5 Å². The maximum Gasteiger partial charge on any atom is 0.127 e.